The number of ketones is 1. The molecular weight excluding hydrogens is 218 g/mol. The zero-order chi connectivity index (χ0) is 12.5. The smallest absolute Gasteiger partial charge is 0.161 e. The van der Waals surface area contributed by atoms with E-state index in [0.29, 0.717) is 17.9 Å². The van der Waals surface area contributed by atoms with Crippen LogP contribution in [0.25, 0.3) is 0 Å². The molecule has 17 heavy (non-hydrogen) atoms. The fraction of sp³-hybridized carbons (Fsp3) is 0.538. The first kappa shape index (κ1) is 12.0. The Hall–Kier alpha value is -1.42. The van der Waals surface area contributed by atoms with Gasteiger partial charge in [0, 0.05) is 18.2 Å². The van der Waals surface area contributed by atoms with Gasteiger partial charge >= 0.3 is 0 Å². The number of hydrogen-bond donors (Lipinski definition) is 0. The van der Waals surface area contributed by atoms with E-state index in [1.54, 1.807) is 12.3 Å². The van der Waals surface area contributed by atoms with Crippen LogP contribution in [0.2, 0.25) is 0 Å². The van der Waals surface area contributed by atoms with Crippen molar-refractivity contribution in [2.75, 3.05) is 6.61 Å². The van der Waals surface area contributed by atoms with E-state index in [0.717, 1.165) is 6.42 Å². The lowest BCUT2D eigenvalue weighted by Gasteiger charge is -2.42. The highest BCUT2D eigenvalue weighted by Crippen LogP contribution is 2.31. The molecular formula is C13H17NO3. The maximum atomic E-state index is 11.2. The van der Waals surface area contributed by atoms with Crippen molar-refractivity contribution >= 4 is 5.78 Å². The van der Waals surface area contributed by atoms with Crippen molar-refractivity contribution < 1.29 is 14.3 Å². The molecule has 1 aromatic heterocycles. The normalized spacial score (nSPS) is 21.7. The SMILES string of the molecule is CC(=O)c1cncc(OCC2CC(C)(C)O2)c1. The molecule has 0 spiro atoms. The minimum Gasteiger partial charge on any atom is -0.489 e. The highest BCUT2D eigenvalue weighted by atomic mass is 16.6. The van der Waals surface area contributed by atoms with Gasteiger partial charge in [-0.15, -0.1) is 0 Å². The highest BCUT2D eigenvalue weighted by molar-refractivity contribution is 5.94. The number of rotatable bonds is 4. The lowest BCUT2D eigenvalue weighted by Crippen LogP contribution is -2.48. The van der Waals surface area contributed by atoms with E-state index >= 15 is 0 Å². The fourth-order valence-electron chi connectivity index (χ4n) is 1.96. The molecule has 4 heteroatoms. The van der Waals surface area contributed by atoms with Crippen molar-refractivity contribution in [2.45, 2.75) is 38.9 Å². The molecule has 0 bridgehead atoms. The third-order valence-electron chi connectivity index (χ3n) is 2.76. The van der Waals surface area contributed by atoms with Crippen molar-refractivity contribution in [3.05, 3.63) is 24.0 Å². The molecule has 1 aromatic rings. The van der Waals surface area contributed by atoms with E-state index in [-0.39, 0.29) is 17.5 Å². The Morgan fingerprint density at radius 2 is 2.29 bits per heavy atom. The number of carbonyl (C=O) groups is 1. The van der Waals surface area contributed by atoms with Gasteiger partial charge in [-0.2, -0.15) is 0 Å². The summed E-state index contributed by atoms with van der Waals surface area (Å²) in [5.41, 5.74) is 0.547. The molecule has 1 saturated heterocycles. The van der Waals surface area contributed by atoms with Gasteiger partial charge in [0.05, 0.1) is 17.9 Å². The molecule has 1 atom stereocenters. The summed E-state index contributed by atoms with van der Waals surface area (Å²) in [5.74, 6) is 0.606. The predicted molar refractivity (Wildman–Crippen MR) is 63.3 cm³/mol. The van der Waals surface area contributed by atoms with Gasteiger partial charge in [0.1, 0.15) is 12.4 Å². The van der Waals surface area contributed by atoms with Crippen LogP contribution in [0, 0.1) is 0 Å². The number of ether oxygens (including phenoxy) is 2. The third-order valence-corrected chi connectivity index (χ3v) is 2.76. The lowest BCUT2D eigenvalue weighted by molar-refractivity contribution is -0.194. The quantitative estimate of drug-likeness (QED) is 0.751. The Bertz CT molecular complexity index is 420. The third kappa shape index (κ3) is 3.03. The Morgan fingerprint density at radius 3 is 2.88 bits per heavy atom. The van der Waals surface area contributed by atoms with Gasteiger partial charge in [0.2, 0.25) is 0 Å². The maximum absolute atomic E-state index is 11.2. The van der Waals surface area contributed by atoms with Crippen molar-refractivity contribution in [3.8, 4) is 5.75 Å². The van der Waals surface area contributed by atoms with E-state index in [1.165, 1.54) is 13.1 Å². The largest absolute Gasteiger partial charge is 0.489 e. The summed E-state index contributed by atoms with van der Waals surface area (Å²) < 4.78 is 11.2. The summed E-state index contributed by atoms with van der Waals surface area (Å²) in [4.78, 5) is 15.1. The average molecular weight is 235 g/mol. The number of carbonyl (C=O) groups excluding carboxylic acids is 1. The maximum Gasteiger partial charge on any atom is 0.161 e. The number of hydrogen-bond acceptors (Lipinski definition) is 4. The summed E-state index contributed by atoms with van der Waals surface area (Å²) in [5, 5.41) is 0. The summed E-state index contributed by atoms with van der Waals surface area (Å²) in [6, 6.07) is 1.71. The molecule has 0 saturated carbocycles. The Labute approximate surface area is 101 Å². The zero-order valence-electron chi connectivity index (χ0n) is 10.4. The van der Waals surface area contributed by atoms with Gasteiger partial charge in [-0.05, 0) is 26.8 Å². The molecule has 1 unspecified atom stereocenters. The first-order chi connectivity index (χ1) is 7.96. The number of nitrogens with zero attached hydrogens (tertiary/aromatic N) is 1. The van der Waals surface area contributed by atoms with E-state index in [2.05, 4.69) is 18.8 Å². The number of Topliss-reactive ketones (excluding diaryl/α,β-unsaturated/α-hetero) is 1. The van der Waals surface area contributed by atoms with Crippen LogP contribution < -0.4 is 4.74 Å². The van der Waals surface area contributed by atoms with Crippen molar-refractivity contribution in [1.82, 2.24) is 4.98 Å². The fourth-order valence-corrected chi connectivity index (χ4v) is 1.96. The van der Waals surface area contributed by atoms with E-state index in [4.69, 9.17) is 9.47 Å². The van der Waals surface area contributed by atoms with Crippen LogP contribution in [0.5, 0.6) is 5.75 Å². The Morgan fingerprint density at radius 1 is 1.59 bits per heavy atom. The minimum atomic E-state index is -0.0203. The van der Waals surface area contributed by atoms with Crippen LogP contribution in [0.1, 0.15) is 37.6 Å². The predicted octanol–water partition coefficient (Wildman–Crippen LogP) is 2.23. The molecule has 0 N–H and O–H groups in total. The zero-order valence-corrected chi connectivity index (χ0v) is 10.4. The van der Waals surface area contributed by atoms with E-state index < -0.39 is 0 Å². The topological polar surface area (TPSA) is 48.4 Å². The summed E-state index contributed by atoms with van der Waals surface area (Å²) >= 11 is 0. The molecule has 0 aliphatic carbocycles. The second-order valence-corrected chi connectivity index (χ2v) is 4.98. The molecule has 92 valence electrons. The summed E-state index contributed by atoms with van der Waals surface area (Å²) in [6.07, 6.45) is 4.28. The van der Waals surface area contributed by atoms with Crippen molar-refractivity contribution in [1.29, 1.82) is 0 Å². The van der Waals surface area contributed by atoms with Gasteiger partial charge in [0.15, 0.2) is 5.78 Å². The van der Waals surface area contributed by atoms with Crippen LogP contribution in [0.3, 0.4) is 0 Å². The number of pyridine rings is 1. The van der Waals surface area contributed by atoms with E-state index in [9.17, 15) is 4.79 Å². The average Bonchev–Trinajstić information content (AvgIpc) is 2.23. The Kier molecular flexibility index (Phi) is 3.15. The Balaban J connectivity index is 1.87. The van der Waals surface area contributed by atoms with Crippen LogP contribution in [-0.4, -0.2) is 29.1 Å². The van der Waals surface area contributed by atoms with Gasteiger partial charge < -0.3 is 9.47 Å². The second kappa shape index (κ2) is 4.45. The molecule has 1 aliphatic heterocycles. The van der Waals surface area contributed by atoms with Crippen LogP contribution in [0.15, 0.2) is 18.5 Å². The van der Waals surface area contributed by atoms with Gasteiger partial charge in [-0.3, -0.25) is 9.78 Å². The summed E-state index contributed by atoms with van der Waals surface area (Å²) in [7, 11) is 0. The minimum absolute atomic E-state index is 0.0102. The van der Waals surface area contributed by atoms with Gasteiger partial charge in [-0.25, -0.2) is 0 Å². The van der Waals surface area contributed by atoms with Crippen LogP contribution >= 0.6 is 0 Å². The highest BCUT2D eigenvalue weighted by Gasteiger charge is 2.37. The van der Waals surface area contributed by atoms with Gasteiger partial charge in [0.25, 0.3) is 0 Å². The molecule has 2 heterocycles. The van der Waals surface area contributed by atoms with Crippen LogP contribution in [0.4, 0.5) is 0 Å². The monoisotopic (exact) mass is 235 g/mol. The first-order valence-electron chi connectivity index (χ1n) is 5.73. The van der Waals surface area contributed by atoms with E-state index in [1.807, 2.05) is 0 Å². The molecule has 0 radical (unpaired) electrons. The first-order valence-corrected chi connectivity index (χ1v) is 5.73. The molecule has 1 fully saturated rings. The molecule has 1 aliphatic rings. The molecule has 0 amide bonds. The van der Waals surface area contributed by atoms with Gasteiger partial charge in [-0.1, -0.05) is 0 Å². The number of aromatic nitrogens is 1. The standard InChI is InChI=1S/C13H17NO3/c1-9(15)10-4-11(7-14-6-10)16-8-12-5-13(2,3)17-12/h4,6-7,12H,5,8H2,1-3H3. The van der Waals surface area contributed by atoms with Crippen molar-refractivity contribution in [2.24, 2.45) is 0 Å². The summed E-state index contributed by atoms with van der Waals surface area (Å²) in [6.45, 7) is 6.13. The molecule has 4 nitrogen and oxygen atoms in total. The van der Waals surface area contributed by atoms with Crippen LogP contribution in [-0.2, 0) is 4.74 Å². The second-order valence-electron chi connectivity index (χ2n) is 4.98. The molecule has 0 aromatic carbocycles. The molecule has 2 rings (SSSR count). The lowest BCUT2D eigenvalue weighted by atomic mass is 9.94. The van der Waals surface area contributed by atoms with Crippen molar-refractivity contribution in [3.63, 3.8) is 0 Å².